The molecule has 0 bridgehead atoms. The molecule has 1 aromatic heterocycles. The van der Waals surface area contributed by atoms with Gasteiger partial charge >= 0.3 is 6.01 Å². The van der Waals surface area contributed by atoms with Crippen LogP contribution in [0, 0.1) is 16.3 Å². The highest BCUT2D eigenvalue weighted by Crippen LogP contribution is 2.33. The van der Waals surface area contributed by atoms with Gasteiger partial charge in [0, 0.05) is 14.8 Å². The number of hydrogen-bond acceptors (Lipinski definition) is 6. The third-order valence-corrected chi connectivity index (χ3v) is 5.16. The maximum absolute atomic E-state index is 14.3. The Morgan fingerprint density at radius 3 is 2.54 bits per heavy atom. The van der Waals surface area contributed by atoms with Gasteiger partial charge in [-0.1, -0.05) is 5.10 Å². The number of aryl methyl sites for hydroxylation is 1. The topological polar surface area (TPSA) is 134 Å². The van der Waals surface area contributed by atoms with E-state index in [0.717, 1.165) is 21.3 Å². The summed E-state index contributed by atoms with van der Waals surface area (Å²) in [5.74, 6) is -0.955. The van der Waals surface area contributed by atoms with Crippen molar-refractivity contribution in [2.24, 2.45) is 5.14 Å². The van der Waals surface area contributed by atoms with Gasteiger partial charge in [-0.15, -0.1) is 5.10 Å². The second-order valence-corrected chi connectivity index (χ2v) is 8.23. The smallest absolute Gasteiger partial charge is 0.311 e. The first-order valence-electron chi connectivity index (χ1n) is 7.16. The molecule has 1 heterocycles. The molecular weight excluding hydrogens is 476 g/mol. The van der Waals surface area contributed by atoms with E-state index in [1.165, 1.54) is 0 Å². The molecule has 136 valence electrons. The van der Waals surface area contributed by atoms with Gasteiger partial charge in [-0.05, 0) is 65.4 Å². The predicted octanol–water partition coefficient (Wildman–Crippen LogP) is 2.62. The number of nitrogens with zero attached hydrogens (tertiary/aromatic N) is 2. The van der Waals surface area contributed by atoms with Gasteiger partial charge in [0.2, 0.25) is 10.0 Å². The molecule has 8 nitrogen and oxygen atoms in total. The van der Waals surface area contributed by atoms with E-state index in [4.69, 9.17) is 5.14 Å². The fourth-order valence-electron chi connectivity index (χ4n) is 2.36. The van der Waals surface area contributed by atoms with Crippen LogP contribution in [0.25, 0.3) is 11.4 Å². The third kappa shape index (κ3) is 3.78. The number of anilines is 2. The first-order chi connectivity index (χ1) is 12.1. The van der Waals surface area contributed by atoms with Crippen molar-refractivity contribution in [2.45, 2.75) is 11.8 Å². The average Bonchev–Trinajstić information content (AvgIpc) is 2.95. The molecule has 0 spiro atoms. The second kappa shape index (κ2) is 6.81. The summed E-state index contributed by atoms with van der Waals surface area (Å²) < 4.78 is 38.6. The molecule has 0 aliphatic heterocycles. The number of nitrogens with two attached hydrogens (primary N) is 1. The van der Waals surface area contributed by atoms with Crippen LogP contribution in [-0.4, -0.2) is 28.7 Å². The summed E-state index contributed by atoms with van der Waals surface area (Å²) in [5.41, 5.74) is 2.01. The van der Waals surface area contributed by atoms with Crippen LogP contribution in [0.2, 0.25) is 0 Å². The Balaban J connectivity index is 2.18. The summed E-state index contributed by atoms with van der Waals surface area (Å²) in [4.78, 5) is 1.79. The zero-order chi connectivity index (χ0) is 19.1. The van der Waals surface area contributed by atoms with Crippen molar-refractivity contribution in [3.05, 3.63) is 45.3 Å². The second-order valence-electron chi connectivity index (χ2n) is 5.45. The highest BCUT2D eigenvalue weighted by atomic mass is 127. The van der Waals surface area contributed by atoms with E-state index in [9.17, 15) is 17.9 Å². The Morgan fingerprint density at radius 1 is 1.23 bits per heavy atom. The molecule has 5 N–H and O–H groups in total. The molecule has 0 radical (unpaired) electrons. The van der Waals surface area contributed by atoms with E-state index in [2.05, 4.69) is 43.1 Å². The number of benzene rings is 2. The molecule has 3 rings (SSSR count). The van der Waals surface area contributed by atoms with E-state index in [1.54, 1.807) is 0 Å². The highest BCUT2D eigenvalue weighted by molar-refractivity contribution is 14.1. The van der Waals surface area contributed by atoms with Crippen LogP contribution >= 0.6 is 22.6 Å². The number of aromatic nitrogens is 3. The summed E-state index contributed by atoms with van der Waals surface area (Å²) in [5, 5.41) is 24.7. The fraction of sp³-hybridized carbons (Fsp3) is 0.0667. The van der Waals surface area contributed by atoms with Gasteiger partial charge in [0.25, 0.3) is 0 Å². The number of nitrogens with one attached hydrogen (secondary N) is 2. The molecule has 3 aromatic rings. The SMILES string of the molecule is Cc1cc(I)ccc1Nc1cc(F)c(S(N)(=O)=O)cc1-c1nnc(O)[nH]1. The molecule has 0 fully saturated rings. The number of halogens is 2. The summed E-state index contributed by atoms with van der Waals surface area (Å²) in [6.07, 6.45) is 0. The molecule has 0 atom stereocenters. The number of hydrogen-bond donors (Lipinski definition) is 4. The quantitative estimate of drug-likeness (QED) is 0.417. The van der Waals surface area contributed by atoms with E-state index in [0.29, 0.717) is 5.69 Å². The monoisotopic (exact) mass is 489 g/mol. The molecule has 0 aliphatic rings. The number of aromatic amines is 1. The lowest BCUT2D eigenvalue weighted by Crippen LogP contribution is -2.14. The molecule has 2 aromatic carbocycles. The largest absolute Gasteiger partial charge is 0.479 e. The Kier molecular flexibility index (Phi) is 4.86. The average molecular weight is 489 g/mol. The Labute approximate surface area is 161 Å². The van der Waals surface area contributed by atoms with Crippen molar-refractivity contribution in [2.75, 3.05) is 5.32 Å². The van der Waals surface area contributed by atoms with E-state index in [1.807, 2.05) is 25.1 Å². The van der Waals surface area contributed by atoms with Crippen molar-refractivity contribution < 1.29 is 17.9 Å². The van der Waals surface area contributed by atoms with Crippen LogP contribution in [0.4, 0.5) is 15.8 Å². The maximum atomic E-state index is 14.3. The lowest BCUT2D eigenvalue weighted by atomic mass is 10.1. The maximum Gasteiger partial charge on any atom is 0.311 e. The highest BCUT2D eigenvalue weighted by Gasteiger charge is 2.21. The molecule has 0 aliphatic carbocycles. The summed E-state index contributed by atoms with van der Waals surface area (Å²) in [6.45, 7) is 1.87. The first kappa shape index (κ1) is 18.5. The fourth-order valence-corrected chi connectivity index (χ4v) is 3.62. The van der Waals surface area contributed by atoms with Gasteiger partial charge in [0.1, 0.15) is 10.7 Å². The minimum Gasteiger partial charge on any atom is -0.479 e. The van der Waals surface area contributed by atoms with E-state index >= 15 is 0 Å². The Morgan fingerprint density at radius 2 is 1.96 bits per heavy atom. The zero-order valence-corrected chi connectivity index (χ0v) is 16.3. The number of aromatic hydroxyl groups is 1. The van der Waals surface area contributed by atoms with Crippen molar-refractivity contribution in [1.29, 1.82) is 0 Å². The molecular formula is C15H13FIN5O3S. The lowest BCUT2D eigenvalue weighted by molar-refractivity contribution is 0.433. The lowest BCUT2D eigenvalue weighted by Gasteiger charge is -2.14. The van der Waals surface area contributed by atoms with Gasteiger partial charge in [-0.3, -0.25) is 4.98 Å². The molecule has 0 amide bonds. The van der Waals surface area contributed by atoms with Crippen LogP contribution in [0.3, 0.4) is 0 Å². The van der Waals surface area contributed by atoms with Crippen LogP contribution in [0.5, 0.6) is 6.01 Å². The molecule has 0 unspecified atom stereocenters. The van der Waals surface area contributed by atoms with Gasteiger partial charge in [-0.2, -0.15) is 0 Å². The van der Waals surface area contributed by atoms with Gasteiger partial charge in [0.05, 0.1) is 5.69 Å². The Hall–Kier alpha value is -2.25. The van der Waals surface area contributed by atoms with Crippen LogP contribution in [0.15, 0.2) is 35.2 Å². The standard InChI is InChI=1S/C15H13FIN5O3S/c1-7-4-8(17)2-3-11(7)19-12-6-10(16)13(26(18,24)25)5-9(12)14-20-15(23)22-21-14/h2-6,19H,1H3,(H2,18,24,25)(H2,20,21,22,23). The van der Waals surface area contributed by atoms with Crippen LogP contribution in [0.1, 0.15) is 5.56 Å². The summed E-state index contributed by atoms with van der Waals surface area (Å²) >= 11 is 2.17. The van der Waals surface area contributed by atoms with Crippen LogP contribution in [-0.2, 0) is 10.0 Å². The minimum atomic E-state index is -4.29. The first-order valence-corrected chi connectivity index (χ1v) is 9.79. The van der Waals surface area contributed by atoms with E-state index < -0.39 is 26.7 Å². The number of sulfonamides is 1. The van der Waals surface area contributed by atoms with Crippen molar-refractivity contribution in [3.63, 3.8) is 0 Å². The number of H-pyrrole nitrogens is 1. The van der Waals surface area contributed by atoms with Gasteiger partial charge < -0.3 is 10.4 Å². The van der Waals surface area contributed by atoms with Crippen molar-refractivity contribution in [3.8, 4) is 17.4 Å². The van der Waals surface area contributed by atoms with E-state index in [-0.39, 0.29) is 17.1 Å². The molecule has 26 heavy (non-hydrogen) atoms. The van der Waals surface area contributed by atoms with Crippen LogP contribution < -0.4 is 10.5 Å². The minimum absolute atomic E-state index is 0.0538. The van der Waals surface area contributed by atoms with Crippen molar-refractivity contribution in [1.82, 2.24) is 15.2 Å². The Bertz CT molecular complexity index is 1100. The molecule has 0 saturated heterocycles. The number of primary sulfonamides is 1. The van der Waals surface area contributed by atoms with Gasteiger partial charge in [-0.25, -0.2) is 17.9 Å². The zero-order valence-electron chi connectivity index (χ0n) is 13.3. The summed E-state index contributed by atoms with van der Waals surface area (Å²) in [7, 11) is -4.29. The molecule has 0 saturated carbocycles. The van der Waals surface area contributed by atoms with Crippen molar-refractivity contribution >= 4 is 44.0 Å². The normalized spacial score (nSPS) is 11.5. The van der Waals surface area contributed by atoms with Gasteiger partial charge in [0.15, 0.2) is 5.82 Å². The summed E-state index contributed by atoms with van der Waals surface area (Å²) in [6, 6.07) is 7.19. The predicted molar refractivity (Wildman–Crippen MR) is 102 cm³/mol. The third-order valence-electron chi connectivity index (χ3n) is 3.57. The number of rotatable bonds is 4. The molecule has 11 heteroatoms.